The quantitative estimate of drug-likeness (QED) is 0.470. The Hall–Kier alpha value is -0.220. The first-order valence-corrected chi connectivity index (χ1v) is 5.22. The van der Waals surface area contributed by atoms with Crippen molar-refractivity contribution in [3.8, 4) is 0 Å². The number of hydrogen-bond donors (Lipinski definition) is 3. The Morgan fingerprint density at radius 2 is 1.77 bits per heavy atom. The minimum atomic E-state index is -0.933. The van der Waals surface area contributed by atoms with E-state index in [0.29, 0.717) is 0 Å². The first-order chi connectivity index (χ1) is 6.06. The molecular formula is C9H17NO2S. The van der Waals surface area contributed by atoms with Crippen LogP contribution >= 0.6 is 12.6 Å². The average molecular weight is 203 g/mol. The molecule has 0 aromatic heterocycles. The van der Waals surface area contributed by atoms with Crippen molar-refractivity contribution in [3.63, 3.8) is 0 Å². The second kappa shape index (κ2) is 4.33. The number of nitrogens with two attached hydrogens (primary N) is 1. The molecule has 0 heterocycles. The van der Waals surface area contributed by atoms with Crippen LogP contribution in [0.1, 0.15) is 38.5 Å². The lowest BCUT2D eigenvalue weighted by atomic mass is 9.91. The fourth-order valence-electron chi connectivity index (χ4n) is 1.88. The molecule has 0 radical (unpaired) electrons. The molecule has 1 atom stereocenters. The standard InChI is InChI=1S/C9H17NO2S/c10-7(8(11)12)9(13)5-3-1-2-4-6-9/h7,13H,1-6,10H2,(H,11,12). The highest BCUT2D eigenvalue weighted by Crippen LogP contribution is 2.34. The van der Waals surface area contributed by atoms with Crippen LogP contribution in [-0.2, 0) is 4.79 Å². The second-order valence-electron chi connectivity index (χ2n) is 3.83. The molecule has 0 aromatic rings. The molecule has 1 fully saturated rings. The summed E-state index contributed by atoms with van der Waals surface area (Å²) >= 11 is 4.45. The van der Waals surface area contributed by atoms with Crippen LogP contribution in [0, 0.1) is 0 Å². The third-order valence-corrected chi connectivity index (χ3v) is 3.54. The zero-order chi connectivity index (χ0) is 9.90. The largest absolute Gasteiger partial charge is 0.480 e. The van der Waals surface area contributed by atoms with Gasteiger partial charge in [-0.15, -0.1) is 0 Å². The lowest BCUT2D eigenvalue weighted by Crippen LogP contribution is -2.48. The maximum atomic E-state index is 10.7. The summed E-state index contributed by atoms with van der Waals surface area (Å²) < 4.78 is -0.484. The van der Waals surface area contributed by atoms with Crippen LogP contribution in [0.15, 0.2) is 0 Å². The second-order valence-corrected chi connectivity index (χ2v) is 4.72. The van der Waals surface area contributed by atoms with Crippen LogP contribution < -0.4 is 5.73 Å². The van der Waals surface area contributed by atoms with E-state index in [2.05, 4.69) is 12.6 Å². The van der Waals surface area contributed by atoms with Crippen molar-refractivity contribution in [2.75, 3.05) is 0 Å². The van der Waals surface area contributed by atoms with E-state index < -0.39 is 16.8 Å². The molecule has 0 saturated heterocycles. The summed E-state index contributed by atoms with van der Waals surface area (Å²) in [6.45, 7) is 0. The average Bonchev–Trinajstić information content (AvgIpc) is 2.29. The molecule has 0 aromatic carbocycles. The van der Waals surface area contributed by atoms with E-state index in [1.807, 2.05) is 0 Å². The third-order valence-electron chi connectivity index (χ3n) is 2.81. The van der Waals surface area contributed by atoms with Gasteiger partial charge in [-0.25, -0.2) is 0 Å². The third kappa shape index (κ3) is 2.61. The molecule has 3 N–H and O–H groups in total. The highest BCUT2D eigenvalue weighted by Gasteiger charge is 2.37. The Morgan fingerprint density at radius 3 is 2.15 bits per heavy atom. The van der Waals surface area contributed by atoms with Gasteiger partial charge in [-0.1, -0.05) is 25.7 Å². The summed E-state index contributed by atoms with van der Waals surface area (Å²) in [4.78, 5) is 10.7. The number of carbonyl (C=O) groups is 1. The number of rotatable bonds is 2. The predicted molar refractivity (Wildman–Crippen MR) is 55.0 cm³/mol. The SMILES string of the molecule is NC(C(=O)O)C1(S)CCCCCC1. The Labute approximate surface area is 84.1 Å². The van der Waals surface area contributed by atoms with Crippen molar-refractivity contribution in [2.45, 2.75) is 49.3 Å². The summed E-state index contributed by atoms with van der Waals surface area (Å²) in [6, 6.07) is -0.825. The summed E-state index contributed by atoms with van der Waals surface area (Å²) in [7, 11) is 0. The van der Waals surface area contributed by atoms with Crippen molar-refractivity contribution >= 4 is 18.6 Å². The van der Waals surface area contributed by atoms with Gasteiger partial charge in [0.1, 0.15) is 6.04 Å². The van der Waals surface area contributed by atoms with E-state index in [1.54, 1.807) is 0 Å². The van der Waals surface area contributed by atoms with Crippen molar-refractivity contribution in [1.82, 2.24) is 0 Å². The van der Waals surface area contributed by atoms with Crippen LogP contribution in [0.2, 0.25) is 0 Å². The number of hydrogen-bond acceptors (Lipinski definition) is 3. The Morgan fingerprint density at radius 1 is 1.31 bits per heavy atom. The molecule has 0 amide bonds. The highest BCUT2D eigenvalue weighted by molar-refractivity contribution is 7.82. The fraction of sp³-hybridized carbons (Fsp3) is 0.889. The van der Waals surface area contributed by atoms with Gasteiger partial charge in [-0.2, -0.15) is 12.6 Å². The minimum absolute atomic E-state index is 0.484. The Balaban J connectivity index is 2.65. The van der Waals surface area contributed by atoms with Crippen molar-refractivity contribution in [3.05, 3.63) is 0 Å². The monoisotopic (exact) mass is 203 g/mol. The Bertz CT molecular complexity index is 188. The summed E-state index contributed by atoms with van der Waals surface area (Å²) in [5.74, 6) is -0.933. The zero-order valence-corrected chi connectivity index (χ0v) is 8.59. The van der Waals surface area contributed by atoms with Gasteiger partial charge in [0, 0.05) is 4.75 Å². The van der Waals surface area contributed by atoms with E-state index in [9.17, 15) is 4.79 Å². The lowest BCUT2D eigenvalue weighted by molar-refractivity contribution is -0.139. The van der Waals surface area contributed by atoms with Gasteiger partial charge >= 0.3 is 5.97 Å². The topological polar surface area (TPSA) is 63.3 Å². The van der Waals surface area contributed by atoms with Crippen LogP contribution in [0.5, 0.6) is 0 Å². The molecule has 1 unspecified atom stereocenters. The fourth-order valence-corrected chi connectivity index (χ4v) is 2.31. The van der Waals surface area contributed by atoms with E-state index in [1.165, 1.54) is 12.8 Å². The van der Waals surface area contributed by atoms with E-state index >= 15 is 0 Å². The molecule has 1 saturated carbocycles. The van der Waals surface area contributed by atoms with Gasteiger partial charge in [-0.3, -0.25) is 4.79 Å². The van der Waals surface area contributed by atoms with Crippen LogP contribution in [-0.4, -0.2) is 21.9 Å². The lowest BCUT2D eigenvalue weighted by Gasteiger charge is -2.30. The number of aliphatic carboxylic acids is 1. The molecular weight excluding hydrogens is 186 g/mol. The molecule has 1 rings (SSSR count). The van der Waals surface area contributed by atoms with Crippen LogP contribution in [0.4, 0.5) is 0 Å². The maximum absolute atomic E-state index is 10.7. The maximum Gasteiger partial charge on any atom is 0.321 e. The molecule has 0 bridgehead atoms. The molecule has 4 heteroatoms. The van der Waals surface area contributed by atoms with Gasteiger partial charge in [-0.05, 0) is 12.8 Å². The normalized spacial score (nSPS) is 24.8. The number of carboxylic acid groups (broad SMARTS) is 1. The van der Waals surface area contributed by atoms with Crippen molar-refractivity contribution in [2.24, 2.45) is 5.73 Å². The molecule has 0 aliphatic heterocycles. The van der Waals surface area contributed by atoms with Gasteiger partial charge in [0.05, 0.1) is 0 Å². The minimum Gasteiger partial charge on any atom is -0.480 e. The first kappa shape index (κ1) is 10.9. The molecule has 13 heavy (non-hydrogen) atoms. The molecule has 0 spiro atoms. The summed E-state index contributed by atoms with van der Waals surface area (Å²) in [6.07, 6.45) is 6.09. The molecule has 76 valence electrons. The molecule has 1 aliphatic carbocycles. The van der Waals surface area contributed by atoms with Crippen LogP contribution in [0.25, 0.3) is 0 Å². The number of carboxylic acids is 1. The summed E-state index contributed by atoms with van der Waals surface area (Å²) in [5, 5.41) is 8.82. The smallest absolute Gasteiger partial charge is 0.321 e. The van der Waals surface area contributed by atoms with Gasteiger partial charge in [0.25, 0.3) is 0 Å². The molecule has 1 aliphatic rings. The van der Waals surface area contributed by atoms with Crippen LogP contribution in [0.3, 0.4) is 0 Å². The highest BCUT2D eigenvalue weighted by atomic mass is 32.1. The van der Waals surface area contributed by atoms with E-state index in [4.69, 9.17) is 10.8 Å². The first-order valence-electron chi connectivity index (χ1n) is 4.77. The van der Waals surface area contributed by atoms with Gasteiger partial charge < -0.3 is 10.8 Å². The van der Waals surface area contributed by atoms with Gasteiger partial charge in [0.2, 0.25) is 0 Å². The van der Waals surface area contributed by atoms with Gasteiger partial charge in [0.15, 0.2) is 0 Å². The predicted octanol–water partition coefficient (Wildman–Crippen LogP) is 1.42. The molecule has 3 nitrogen and oxygen atoms in total. The van der Waals surface area contributed by atoms with Crippen molar-refractivity contribution < 1.29 is 9.90 Å². The number of thiol groups is 1. The Kier molecular flexibility index (Phi) is 3.62. The summed E-state index contributed by atoms with van der Waals surface area (Å²) in [5.41, 5.74) is 5.62. The van der Waals surface area contributed by atoms with E-state index in [-0.39, 0.29) is 0 Å². The van der Waals surface area contributed by atoms with Crippen molar-refractivity contribution in [1.29, 1.82) is 0 Å². The zero-order valence-electron chi connectivity index (χ0n) is 7.70. The van der Waals surface area contributed by atoms with E-state index in [0.717, 1.165) is 25.7 Å².